The smallest absolute Gasteiger partial charge is 0.367 e. The number of aromatic amines is 1. The zero-order chi connectivity index (χ0) is 23.1. The Hall–Kier alpha value is -2.48. The molecule has 0 atom stereocenters. The van der Waals surface area contributed by atoms with Gasteiger partial charge in [0, 0.05) is 17.7 Å². The third-order valence-corrected chi connectivity index (χ3v) is 5.65. The van der Waals surface area contributed by atoms with E-state index < -0.39 is 29.0 Å². The van der Waals surface area contributed by atoms with Gasteiger partial charge in [0.1, 0.15) is 10.8 Å². The fourth-order valence-corrected chi connectivity index (χ4v) is 3.82. The standard InChI is InChI=1S/C18H14F6N6S2/c1-31-15-26-12(25-11-2-3-11)7-13(27-15)32-16-28-14(29-30-16)8-4-9(17(19,20)21)6-10(5-8)18(22,23)24/h4-7,11H,2-3H2,1H3,(H,25,26,27)(H,28,29,30). The highest BCUT2D eigenvalue weighted by atomic mass is 32.2. The lowest BCUT2D eigenvalue weighted by Gasteiger charge is -2.13. The number of thioether (sulfide) groups is 1. The molecule has 170 valence electrons. The van der Waals surface area contributed by atoms with E-state index in [2.05, 4.69) is 30.5 Å². The van der Waals surface area contributed by atoms with Gasteiger partial charge in [-0.3, -0.25) is 5.10 Å². The minimum atomic E-state index is -4.95. The third-order valence-electron chi connectivity index (χ3n) is 4.31. The maximum Gasteiger partial charge on any atom is 0.416 e. The van der Waals surface area contributed by atoms with Gasteiger partial charge in [-0.25, -0.2) is 15.0 Å². The molecule has 0 amide bonds. The summed E-state index contributed by atoms with van der Waals surface area (Å²) in [4.78, 5) is 12.8. The lowest BCUT2D eigenvalue weighted by molar-refractivity contribution is -0.143. The zero-order valence-corrected chi connectivity index (χ0v) is 17.8. The average Bonchev–Trinajstić information content (AvgIpc) is 3.40. The van der Waals surface area contributed by atoms with Crippen molar-refractivity contribution in [3.8, 4) is 11.4 Å². The van der Waals surface area contributed by atoms with Crippen LogP contribution < -0.4 is 5.32 Å². The molecule has 14 heteroatoms. The van der Waals surface area contributed by atoms with Crippen LogP contribution in [0.15, 0.2) is 39.6 Å². The van der Waals surface area contributed by atoms with Gasteiger partial charge in [0.2, 0.25) is 0 Å². The maximum atomic E-state index is 13.1. The summed E-state index contributed by atoms with van der Waals surface area (Å²) < 4.78 is 78.6. The molecule has 0 spiro atoms. The van der Waals surface area contributed by atoms with Gasteiger partial charge in [0.25, 0.3) is 0 Å². The van der Waals surface area contributed by atoms with Crippen LogP contribution >= 0.6 is 23.5 Å². The number of hydrogen-bond donors (Lipinski definition) is 2. The molecule has 1 aliphatic carbocycles. The van der Waals surface area contributed by atoms with Crippen LogP contribution in [0, 0.1) is 0 Å². The average molecular weight is 492 g/mol. The van der Waals surface area contributed by atoms with Crippen LogP contribution in [-0.4, -0.2) is 37.4 Å². The lowest BCUT2D eigenvalue weighted by Crippen LogP contribution is -2.11. The monoisotopic (exact) mass is 492 g/mol. The van der Waals surface area contributed by atoms with Gasteiger partial charge in [-0.15, -0.1) is 0 Å². The van der Waals surface area contributed by atoms with Gasteiger partial charge in [0.15, 0.2) is 16.1 Å². The summed E-state index contributed by atoms with van der Waals surface area (Å²) in [6.07, 6.45) is -6.01. The van der Waals surface area contributed by atoms with Crippen molar-refractivity contribution in [2.24, 2.45) is 0 Å². The van der Waals surface area contributed by atoms with Gasteiger partial charge in [-0.1, -0.05) is 11.8 Å². The topological polar surface area (TPSA) is 79.4 Å². The summed E-state index contributed by atoms with van der Waals surface area (Å²) in [6.45, 7) is 0. The molecule has 6 nitrogen and oxygen atoms in total. The van der Waals surface area contributed by atoms with Gasteiger partial charge in [-0.05, 0) is 49.1 Å². The molecular formula is C18H14F6N6S2. The Kier molecular flexibility index (Phi) is 6.00. The van der Waals surface area contributed by atoms with Gasteiger partial charge in [0.05, 0.1) is 11.1 Å². The molecule has 0 unspecified atom stereocenters. The molecule has 1 aromatic carbocycles. The molecule has 3 aromatic rings. The molecule has 1 aliphatic rings. The first-order valence-electron chi connectivity index (χ1n) is 9.11. The minimum Gasteiger partial charge on any atom is -0.367 e. The SMILES string of the molecule is CSc1nc(NC2CC2)cc(Sc2nc(-c3cc(C(F)(F)F)cc(C(F)(F)F)c3)n[nH]2)n1. The molecule has 0 bridgehead atoms. The third kappa shape index (κ3) is 5.46. The second-order valence-corrected chi connectivity index (χ2v) is 8.64. The van der Waals surface area contributed by atoms with E-state index in [1.165, 1.54) is 11.8 Å². The Morgan fingerprint density at radius 3 is 2.16 bits per heavy atom. The molecule has 0 saturated heterocycles. The van der Waals surface area contributed by atoms with Gasteiger partial charge >= 0.3 is 12.4 Å². The van der Waals surface area contributed by atoms with Crippen LogP contribution in [0.2, 0.25) is 0 Å². The second kappa shape index (κ2) is 8.46. The first-order chi connectivity index (χ1) is 15.0. The van der Waals surface area contributed by atoms with Crippen LogP contribution in [0.25, 0.3) is 11.4 Å². The molecule has 2 heterocycles. The molecule has 4 rings (SSSR count). The summed E-state index contributed by atoms with van der Waals surface area (Å²) in [5.41, 5.74) is -3.27. The molecule has 1 saturated carbocycles. The molecule has 32 heavy (non-hydrogen) atoms. The highest BCUT2D eigenvalue weighted by Gasteiger charge is 2.37. The van der Waals surface area contributed by atoms with Crippen molar-refractivity contribution in [1.82, 2.24) is 25.1 Å². The summed E-state index contributed by atoms with van der Waals surface area (Å²) >= 11 is 2.37. The quantitative estimate of drug-likeness (QED) is 0.196. The Bertz CT molecular complexity index is 1090. The van der Waals surface area contributed by atoms with E-state index in [1.807, 2.05) is 6.26 Å². The van der Waals surface area contributed by atoms with E-state index in [4.69, 9.17) is 0 Å². The van der Waals surface area contributed by atoms with E-state index in [0.29, 0.717) is 34.2 Å². The number of H-pyrrole nitrogens is 1. The van der Waals surface area contributed by atoms with E-state index >= 15 is 0 Å². The number of benzene rings is 1. The number of hydrogen-bond acceptors (Lipinski definition) is 7. The summed E-state index contributed by atoms with van der Waals surface area (Å²) in [5, 5.41) is 10.7. The van der Waals surface area contributed by atoms with E-state index in [0.717, 1.165) is 24.6 Å². The molecular weight excluding hydrogens is 478 g/mol. The number of halogens is 6. The fourth-order valence-electron chi connectivity index (χ4n) is 2.66. The summed E-state index contributed by atoms with van der Waals surface area (Å²) in [5.74, 6) is 0.335. The van der Waals surface area contributed by atoms with Crippen molar-refractivity contribution >= 4 is 29.3 Å². The molecule has 0 radical (unpaired) electrons. The molecule has 0 aliphatic heterocycles. The Morgan fingerprint density at radius 2 is 1.59 bits per heavy atom. The van der Waals surface area contributed by atoms with Crippen molar-refractivity contribution in [2.45, 2.75) is 46.6 Å². The first-order valence-corrected chi connectivity index (χ1v) is 11.1. The van der Waals surface area contributed by atoms with Crippen molar-refractivity contribution < 1.29 is 26.3 Å². The predicted octanol–water partition coefficient (Wildman–Crippen LogP) is 5.75. The number of nitrogens with one attached hydrogen (secondary N) is 2. The van der Waals surface area contributed by atoms with Crippen molar-refractivity contribution in [2.75, 3.05) is 11.6 Å². The van der Waals surface area contributed by atoms with Gasteiger partial charge < -0.3 is 5.32 Å². The normalized spacial score (nSPS) is 14.6. The van der Waals surface area contributed by atoms with Crippen LogP contribution in [0.3, 0.4) is 0 Å². The van der Waals surface area contributed by atoms with E-state index in [1.54, 1.807) is 6.07 Å². The largest absolute Gasteiger partial charge is 0.416 e. The van der Waals surface area contributed by atoms with Crippen LogP contribution in [0.1, 0.15) is 24.0 Å². The van der Waals surface area contributed by atoms with Crippen molar-refractivity contribution in [1.29, 1.82) is 0 Å². The molecule has 2 aromatic heterocycles. The lowest BCUT2D eigenvalue weighted by atomic mass is 10.0. The number of rotatable bonds is 6. The van der Waals surface area contributed by atoms with Gasteiger partial charge in [-0.2, -0.15) is 31.4 Å². The Balaban J connectivity index is 1.63. The number of nitrogens with zero attached hydrogens (tertiary/aromatic N) is 4. The predicted molar refractivity (Wildman–Crippen MR) is 106 cm³/mol. The Morgan fingerprint density at radius 1 is 0.938 bits per heavy atom. The second-order valence-electron chi connectivity index (χ2n) is 6.86. The number of aromatic nitrogens is 5. The van der Waals surface area contributed by atoms with E-state index in [-0.39, 0.29) is 17.0 Å². The highest BCUT2D eigenvalue weighted by Crippen LogP contribution is 2.38. The summed E-state index contributed by atoms with van der Waals surface area (Å²) in [7, 11) is 0. The van der Waals surface area contributed by atoms with Crippen LogP contribution in [0.4, 0.5) is 32.2 Å². The summed E-state index contributed by atoms with van der Waals surface area (Å²) in [6, 6.07) is 3.28. The van der Waals surface area contributed by atoms with Crippen molar-refractivity contribution in [3.63, 3.8) is 0 Å². The maximum absolute atomic E-state index is 13.1. The highest BCUT2D eigenvalue weighted by molar-refractivity contribution is 7.99. The minimum absolute atomic E-state index is 0.0606. The fraction of sp³-hybridized carbons (Fsp3) is 0.333. The first kappa shape index (κ1) is 22.7. The van der Waals surface area contributed by atoms with Crippen molar-refractivity contribution in [3.05, 3.63) is 35.4 Å². The zero-order valence-electron chi connectivity index (χ0n) is 16.2. The molecule has 2 N–H and O–H groups in total. The number of alkyl halides is 6. The van der Waals surface area contributed by atoms with E-state index in [9.17, 15) is 26.3 Å². The number of anilines is 1. The van der Waals surface area contributed by atoms with Crippen LogP contribution in [0.5, 0.6) is 0 Å². The van der Waals surface area contributed by atoms with Crippen LogP contribution in [-0.2, 0) is 12.4 Å². The molecule has 1 fully saturated rings. The Labute approximate surface area is 186 Å².